The molecule has 0 aliphatic rings. The number of hydrogen-bond acceptors (Lipinski definition) is 5. The zero-order chi connectivity index (χ0) is 18.2. The van der Waals surface area contributed by atoms with Crippen LogP contribution in [0.2, 0.25) is 0 Å². The number of halogens is 1. The summed E-state index contributed by atoms with van der Waals surface area (Å²) in [6.45, 7) is 0. The van der Waals surface area contributed by atoms with E-state index in [1.165, 1.54) is 44.4 Å². The minimum absolute atomic E-state index is 0.0855. The first-order valence-corrected chi connectivity index (χ1v) is 9.43. The molecular weight excluding hydrogens is 365 g/mol. The zero-order valence-corrected chi connectivity index (χ0v) is 15.0. The van der Waals surface area contributed by atoms with Crippen molar-refractivity contribution in [1.29, 1.82) is 0 Å². The van der Waals surface area contributed by atoms with Gasteiger partial charge in [0.1, 0.15) is 5.82 Å². The number of thiazole rings is 1. The lowest BCUT2D eigenvalue weighted by Crippen LogP contribution is -2.22. The zero-order valence-electron chi connectivity index (χ0n) is 13.4. The Morgan fingerprint density at radius 1 is 1.20 bits per heavy atom. The molecule has 0 bridgehead atoms. The van der Waals surface area contributed by atoms with Gasteiger partial charge in [-0.15, -0.1) is 0 Å². The molecule has 0 unspecified atom stereocenters. The second-order valence-electron chi connectivity index (χ2n) is 5.37. The quantitative estimate of drug-likeness (QED) is 0.756. The van der Waals surface area contributed by atoms with Gasteiger partial charge < -0.3 is 0 Å². The van der Waals surface area contributed by atoms with Crippen molar-refractivity contribution in [3.8, 4) is 0 Å². The van der Waals surface area contributed by atoms with E-state index < -0.39 is 21.7 Å². The molecule has 0 radical (unpaired) electrons. The molecule has 0 spiro atoms. The lowest BCUT2D eigenvalue weighted by atomic mass is 10.2. The summed E-state index contributed by atoms with van der Waals surface area (Å²) in [5, 5.41) is 2.80. The molecule has 0 aliphatic carbocycles. The number of fused-ring (bicyclic) bond motifs is 1. The second kappa shape index (κ2) is 6.51. The summed E-state index contributed by atoms with van der Waals surface area (Å²) in [5.74, 6) is -1.24. The molecule has 0 saturated carbocycles. The minimum atomic E-state index is -3.56. The van der Waals surface area contributed by atoms with Crippen LogP contribution < -0.4 is 5.32 Å². The van der Waals surface area contributed by atoms with Gasteiger partial charge in [0, 0.05) is 14.1 Å². The van der Waals surface area contributed by atoms with Crippen molar-refractivity contribution in [2.75, 3.05) is 19.4 Å². The highest BCUT2D eigenvalue weighted by Gasteiger charge is 2.19. The van der Waals surface area contributed by atoms with Crippen molar-refractivity contribution in [2.45, 2.75) is 4.90 Å². The highest BCUT2D eigenvalue weighted by Crippen LogP contribution is 2.29. The van der Waals surface area contributed by atoms with Gasteiger partial charge in [-0.2, -0.15) is 0 Å². The number of hydrogen-bond donors (Lipinski definition) is 1. The molecule has 0 aliphatic heterocycles. The minimum Gasteiger partial charge on any atom is -0.298 e. The summed E-state index contributed by atoms with van der Waals surface area (Å²) in [7, 11) is -0.654. The monoisotopic (exact) mass is 379 g/mol. The van der Waals surface area contributed by atoms with Crippen molar-refractivity contribution >= 4 is 42.6 Å². The number of nitrogens with zero attached hydrogens (tertiary/aromatic N) is 2. The Morgan fingerprint density at radius 2 is 1.92 bits per heavy atom. The number of nitrogens with one attached hydrogen (secondary N) is 1. The Balaban J connectivity index is 1.92. The van der Waals surface area contributed by atoms with E-state index in [0.717, 1.165) is 15.6 Å². The Labute approximate surface area is 148 Å². The van der Waals surface area contributed by atoms with Crippen LogP contribution in [0, 0.1) is 5.82 Å². The molecule has 0 saturated heterocycles. The number of aromatic nitrogens is 1. The SMILES string of the molecule is CN(C)S(=O)(=O)c1ccc2nc(NC(=O)c3ccccc3F)sc2c1. The predicted octanol–water partition coefficient (Wildman–Crippen LogP) is 2.94. The normalized spacial score (nSPS) is 11.8. The van der Waals surface area contributed by atoms with Crippen LogP contribution in [0.4, 0.5) is 9.52 Å². The number of sulfonamides is 1. The van der Waals surface area contributed by atoms with Gasteiger partial charge >= 0.3 is 0 Å². The third-order valence-electron chi connectivity index (χ3n) is 3.48. The number of anilines is 1. The first kappa shape index (κ1) is 17.5. The van der Waals surface area contributed by atoms with Gasteiger partial charge in [-0.3, -0.25) is 10.1 Å². The molecule has 1 aromatic heterocycles. The van der Waals surface area contributed by atoms with Gasteiger partial charge in [0.05, 0.1) is 20.7 Å². The molecule has 9 heteroatoms. The summed E-state index contributed by atoms with van der Waals surface area (Å²) in [5.41, 5.74) is 0.462. The first-order valence-electron chi connectivity index (χ1n) is 7.18. The van der Waals surface area contributed by atoms with Crippen LogP contribution >= 0.6 is 11.3 Å². The van der Waals surface area contributed by atoms with Crippen LogP contribution in [0.25, 0.3) is 10.2 Å². The standard InChI is InChI=1S/C16H14FN3O3S2/c1-20(2)25(22,23)10-7-8-13-14(9-10)24-16(18-13)19-15(21)11-5-3-4-6-12(11)17/h3-9H,1-2H3,(H,18,19,21). The Morgan fingerprint density at radius 3 is 2.60 bits per heavy atom. The maximum atomic E-state index is 13.7. The second-order valence-corrected chi connectivity index (χ2v) is 8.55. The molecule has 1 N–H and O–H groups in total. The summed E-state index contributed by atoms with van der Waals surface area (Å²) < 4.78 is 39.7. The maximum Gasteiger partial charge on any atom is 0.260 e. The largest absolute Gasteiger partial charge is 0.298 e. The highest BCUT2D eigenvalue weighted by atomic mass is 32.2. The Kier molecular flexibility index (Phi) is 4.55. The van der Waals surface area contributed by atoms with Crippen LogP contribution in [0.5, 0.6) is 0 Å². The van der Waals surface area contributed by atoms with Crippen LogP contribution in [-0.2, 0) is 10.0 Å². The third kappa shape index (κ3) is 3.39. The molecular formula is C16H14FN3O3S2. The van der Waals surface area contributed by atoms with Crippen molar-refractivity contribution in [3.63, 3.8) is 0 Å². The molecule has 1 amide bonds. The molecule has 0 fully saturated rings. The summed E-state index contributed by atoms with van der Waals surface area (Å²) in [4.78, 5) is 16.5. The average Bonchev–Trinajstić information content (AvgIpc) is 2.96. The van der Waals surface area contributed by atoms with Gasteiger partial charge in [-0.05, 0) is 30.3 Å². The fourth-order valence-electron chi connectivity index (χ4n) is 2.14. The van der Waals surface area contributed by atoms with E-state index in [0.29, 0.717) is 10.2 Å². The summed E-state index contributed by atoms with van der Waals surface area (Å²) in [6, 6.07) is 10.2. The van der Waals surface area contributed by atoms with Gasteiger partial charge in [0.15, 0.2) is 5.13 Å². The fourth-order valence-corrected chi connectivity index (χ4v) is 4.04. The summed E-state index contributed by atoms with van der Waals surface area (Å²) in [6.07, 6.45) is 0. The van der Waals surface area contributed by atoms with Gasteiger partial charge in [0.25, 0.3) is 5.91 Å². The molecule has 25 heavy (non-hydrogen) atoms. The van der Waals surface area contributed by atoms with Gasteiger partial charge in [-0.1, -0.05) is 23.5 Å². The number of carbonyl (C=O) groups excluding carboxylic acids is 1. The molecule has 3 aromatic rings. The molecule has 6 nitrogen and oxygen atoms in total. The Bertz CT molecular complexity index is 1060. The molecule has 3 rings (SSSR count). The van der Waals surface area contributed by atoms with E-state index in [2.05, 4.69) is 10.3 Å². The molecule has 0 atom stereocenters. The smallest absolute Gasteiger partial charge is 0.260 e. The number of benzene rings is 2. The van der Waals surface area contributed by atoms with Crippen LogP contribution in [0.3, 0.4) is 0 Å². The van der Waals surface area contributed by atoms with E-state index >= 15 is 0 Å². The summed E-state index contributed by atoms with van der Waals surface area (Å²) >= 11 is 1.12. The predicted molar refractivity (Wildman–Crippen MR) is 94.8 cm³/mol. The van der Waals surface area contributed by atoms with Gasteiger partial charge in [-0.25, -0.2) is 22.1 Å². The highest BCUT2D eigenvalue weighted by molar-refractivity contribution is 7.89. The van der Waals surface area contributed by atoms with Crippen molar-refractivity contribution in [2.24, 2.45) is 0 Å². The van der Waals surface area contributed by atoms with E-state index in [1.54, 1.807) is 12.1 Å². The van der Waals surface area contributed by atoms with Crippen LogP contribution in [-0.4, -0.2) is 37.7 Å². The van der Waals surface area contributed by atoms with Crippen LogP contribution in [0.15, 0.2) is 47.4 Å². The molecule has 2 aromatic carbocycles. The van der Waals surface area contributed by atoms with Crippen molar-refractivity contribution in [3.05, 3.63) is 53.8 Å². The fraction of sp³-hybridized carbons (Fsp3) is 0.125. The molecule has 1 heterocycles. The van der Waals surface area contributed by atoms with E-state index in [-0.39, 0.29) is 15.6 Å². The van der Waals surface area contributed by atoms with Crippen molar-refractivity contribution < 1.29 is 17.6 Å². The van der Waals surface area contributed by atoms with E-state index in [1.807, 2.05) is 0 Å². The topological polar surface area (TPSA) is 79.4 Å². The molecule has 130 valence electrons. The third-order valence-corrected chi connectivity index (χ3v) is 6.22. The average molecular weight is 379 g/mol. The van der Waals surface area contributed by atoms with Crippen molar-refractivity contribution in [1.82, 2.24) is 9.29 Å². The number of amides is 1. The van der Waals surface area contributed by atoms with Gasteiger partial charge in [0.2, 0.25) is 10.0 Å². The lowest BCUT2D eigenvalue weighted by molar-refractivity contribution is 0.102. The lowest BCUT2D eigenvalue weighted by Gasteiger charge is -2.10. The number of rotatable bonds is 4. The van der Waals surface area contributed by atoms with E-state index in [4.69, 9.17) is 0 Å². The Hall–Kier alpha value is -2.36. The maximum absolute atomic E-state index is 13.7. The van der Waals surface area contributed by atoms with Crippen LogP contribution in [0.1, 0.15) is 10.4 Å². The van der Waals surface area contributed by atoms with E-state index in [9.17, 15) is 17.6 Å². The number of carbonyl (C=O) groups is 1. The first-order chi connectivity index (χ1) is 11.8.